The maximum atomic E-state index is 13.3. The minimum Gasteiger partial charge on any atom is -0.448 e. The summed E-state index contributed by atoms with van der Waals surface area (Å²) in [4.78, 5) is 22.7. The average Bonchev–Trinajstić information content (AvgIpc) is 2.47. The van der Waals surface area contributed by atoms with Crippen molar-refractivity contribution in [3.05, 3.63) is 12.4 Å². The SMILES string of the molecule is C=C(F)C(=O)OC(OCC(F)(F)S(=O)(=O)O)(C(=O)OC(C)C(F)(F)F)C(F)(F)F. The predicted octanol–water partition coefficient (Wildman–Crippen LogP) is 2.26. The van der Waals surface area contributed by atoms with E-state index in [-0.39, 0.29) is 6.92 Å². The Kier molecular flexibility index (Phi) is 7.75. The van der Waals surface area contributed by atoms with Gasteiger partial charge in [0.2, 0.25) is 5.83 Å². The Labute approximate surface area is 154 Å². The molecule has 0 heterocycles. The molecule has 0 aromatic carbocycles. The molecule has 170 valence electrons. The highest BCUT2D eigenvalue weighted by Crippen LogP contribution is 2.39. The largest absolute Gasteiger partial charge is 0.468 e. The van der Waals surface area contributed by atoms with E-state index in [0.29, 0.717) is 0 Å². The molecule has 0 radical (unpaired) electrons. The van der Waals surface area contributed by atoms with Gasteiger partial charge in [0, 0.05) is 0 Å². The topological polar surface area (TPSA) is 116 Å². The normalized spacial score (nSPS) is 16.5. The summed E-state index contributed by atoms with van der Waals surface area (Å²) in [6.07, 6.45) is -15.4. The fraction of sp³-hybridized carbons (Fsp3) is 0.636. The molecule has 0 aliphatic carbocycles. The van der Waals surface area contributed by atoms with E-state index in [4.69, 9.17) is 4.55 Å². The van der Waals surface area contributed by atoms with Crippen molar-refractivity contribution in [1.29, 1.82) is 0 Å². The van der Waals surface area contributed by atoms with Crippen molar-refractivity contribution in [2.45, 2.75) is 36.4 Å². The van der Waals surface area contributed by atoms with E-state index < -0.39 is 64.0 Å². The second-order valence-corrected chi connectivity index (χ2v) is 6.45. The number of halogens is 9. The zero-order valence-electron chi connectivity index (χ0n) is 13.6. The second kappa shape index (κ2) is 8.34. The van der Waals surface area contributed by atoms with Gasteiger partial charge in [-0.25, -0.2) is 9.59 Å². The third kappa shape index (κ3) is 6.46. The minimum atomic E-state index is -6.52. The highest BCUT2D eigenvalue weighted by atomic mass is 32.2. The summed E-state index contributed by atoms with van der Waals surface area (Å²) in [6, 6.07) is 0. The number of alkyl halides is 8. The maximum Gasteiger partial charge on any atom is 0.468 e. The van der Waals surface area contributed by atoms with Gasteiger partial charge in [-0.1, -0.05) is 6.58 Å². The van der Waals surface area contributed by atoms with Gasteiger partial charge in [0.25, 0.3) is 0 Å². The van der Waals surface area contributed by atoms with Crippen molar-refractivity contribution < 1.29 is 76.3 Å². The van der Waals surface area contributed by atoms with Crippen LogP contribution >= 0.6 is 0 Å². The van der Waals surface area contributed by atoms with E-state index in [9.17, 15) is 57.5 Å². The smallest absolute Gasteiger partial charge is 0.448 e. The molecular weight excluding hydrogens is 463 g/mol. The highest BCUT2D eigenvalue weighted by Gasteiger charge is 2.70. The number of esters is 2. The van der Waals surface area contributed by atoms with Crippen LogP contribution in [0, 0.1) is 0 Å². The molecule has 0 saturated carbocycles. The van der Waals surface area contributed by atoms with Crippen LogP contribution in [0.5, 0.6) is 0 Å². The van der Waals surface area contributed by atoms with Gasteiger partial charge in [0.15, 0.2) is 6.10 Å². The van der Waals surface area contributed by atoms with Crippen LogP contribution in [0.1, 0.15) is 6.92 Å². The molecule has 8 nitrogen and oxygen atoms in total. The molecule has 18 heteroatoms. The van der Waals surface area contributed by atoms with Crippen molar-refractivity contribution >= 4 is 22.1 Å². The lowest BCUT2D eigenvalue weighted by Crippen LogP contribution is -2.60. The molecule has 0 fully saturated rings. The Morgan fingerprint density at radius 1 is 1.07 bits per heavy atom. The van der Waals surface area contributed by atoms with Crippen LogP contribution in [0.3, 0.4) is 0 Å². The van der Waals surface area contributed by atoms with Gasteiger partial charge >= 0.3 is 45.5 Å². The molecule has 0 rings (SSSR count). The van der Waals surface area contributed by atoms with Crippen molar-refractivity contribution in [2.24, 2.45) is 0 Å². The quantitative estimate of drug-likeness (QED) is 0.188. The minimum absolute atomic E-state index is 0.0261. The molecule has 0 aliphatic rings. The monoisotopic (exact) mass is 472 g/mol. The molecule has 0 aliphatic heterocycles. The second-order valence-electron chi connectivity index (χ2n) is 4.90. The first-order valence-corrected chi connectivity index (χ1v) is 7.93. The predicted molar refractivity (Wildman–Crippen MR) is 69.2 cm³/mol. The summed E-state index contributed by atoms with van der Waals surface area (Å²) >= 11 is 0. The highest BCUT2D eigenvalue weighted by molar-refractivity contribution is 7.86. The lowest BCUT2D eigenvalue weighted by atomic mass is 10.2. The van der Waals surface area contributed by atoms with E-state index in [0.717, 1.165) is 0 Å². The molecule has 1 N–H and O–H groups in total. The Morgan fingerprint density at radius 3 is 1.83 bits per heavy atom. The van der Waals surface area contributed by atoms with Crippen LogP contribution in [-0.2, 0) is 33.9 Å². The third-order valence-corrected chi connectivity index (χ3v) is 3.54. The number of hydrogen-bond acceptors (Lipinski definition) is 7. The Balaban J connectivity index is 6.32. The first-order valence-electron chi connectivity index (χ1n) is 6.49. The number of rotatable bonds is 8. The number of ether oxygens (including phenoxy) is 3. The first-order chi connectivity index (χ1) is 12.6. The molecule has 0 aromatic rings. The maximum absolute atomic E-state index is 13.3. The number of carbonyl (C=O) groups is 2. The van der Waals surface area contributed by atoms with E-state index in [1.165, 1.54) is 0 Å². The van der Waals surface area contributed by atoms with Crippen LogP contribution in [-0.4, -0.2) is 61.0 Å². The molecule has 0 saturated heterocycles. The summed E-state index contributed by atoms with van der Waals surface area (Å²) < 4.78 is 155. The molecule has 0 bridgehead atoms. The van der Waals surface area contributed by atoms with Crippen LogP contribution in [0.4, 0.5) is 39.5 Å². The fourth-order valence-electron chi connectivity index (χ4n) is 1.14. The van der Waals surface area contributed by atoms with Crippen LogP contribution in [0.15, 0.2) is 12.4 Å². The number of carbonyl (C=O) groups excluding carboxylic acids is 2. The van der Waals surface area contributed by atoms with Gasteiger partial charge in [-0.3, -0.25) is 4.55 Å². The van der Waals surface area contributed by atoms with Crippen molar-refractivity contribution in [1.82, 2.24) is 0 Å². The Morgan fingerprint density at radius 2 is 1.52 bits per heavy atom. The Hall–Kier alpha value is -2.08. The standard InChI is InChI=1S/C11H9F9O8S/c1-4(12)6(21)28-9(11(18,19)20,7(22)27-5(2)10(15,16)17)26-3-8(13,14)29(23,24)25/h5H,1,3H2,2H3,(H,23,24,25). The molecule has 0 amide bonds. The van der Waals surface area contributed by atoms with Crippen LogP contribution in [0.2, 0.25) is 0 Å². The lowest BCUT2D eigenvalue weighted by molar-refractivity contribution is -0.364. The molecule has 0 spiro atoms. The van der Waals surface area contributed by atoms with Gasteiger partial charge in [0.1, 0.15) is 6.61 Å². The summed E-state index contributed by atoms with van der Waals surface area (Å²) in [7, 11) is -6.48. The number of hydrogen-bond donors (Lipinski definition) is 1. The molecule has 29 heavy (non-hydrogen) atoms. The molecular formula is C11H9F9O8S. The summed E-state index contributed by atoms with van der Waals surface area (Å²) in [5, 5.41) is -5.58. The average molecular weight is 472 g/mol. The van der Waals surface area contributed by atoms with Gasteiger partial charge in [-0.2, -0.15) is 47.9 Å². The van der Waals surface area contributed by atoms with Gasteiger partial charge in [0.05, 0.1) is 0 Å². The lowest BCUT2D eigenvalue weighted by Gasteiger charge is -2.33. The van der Waals surface area contributed by atoms with Gasteiger partial charge in [-0.05, 0) is 6.92 Å². The zero-order valence-corrected chi connectivity index (χ0v) is 14.4. The molecule has 2 atom stereocenters. The summed E-state index contributed by atoms with van der Waals surface area (Å²) in [5.41, 5.74) is 0. The zero-order chi connectivity index (χ0) is 23.6. The van der Waals surface area contributed by atoms with E-state index >= 15 is 0 Å². The van der Waals surface area contributed by atoms with Crippen molar-refractivity contribution in [2.75, 3.05) is 6.61 Å². The van der Waals surface area contributed by atoms with E-state index in [1.54, 1.807) is 0 Å². The Bertz CT molecular complexity index is 757. The summed E-state index contributed by atoms with van der Waals surface area (Å²) in [6.45, 7) is -0.968. The van der Waals surface area contributed by atoms with Gasteiger partial charge < -0.3 is 14.2 Å². The third-order valence-electron chi connectivity index (χ3n) is 2.67. The molecule has 0 aromatic heterocycles. The summed E-state index contributed by atoms with van der Waals surface area (Å²) in [5.74, 6) is -14.0. The van der Waals surface area contributed by atoms with E-state index in [1.807, 2.05) is 0 Å². The molecule has 2 unspecified atom stereocenters. The van der Waals surface area contributed by atoms with Crippen molar-refractivity contribution in [3.8, 4) is 0 Å². The van der Waals surface area contributed by atoms with Crippen LogP contribution < -0.4 is 0 Å². The first kappa shape index (κ1) is 26.9. The van der Waals surface area contributed by atoms with Gasteiger partial charge in [-0.15, -0.1) is 0 Å². The van der Waals surface area contributed by atoms with E-state index in [2.05, 4.69) is 20.8 Å². The van der Waals surface area contributed by atoms with Crippen LogP contribution in [0.25, 0.3) is 0 Å². The fourth-order valence-corrected chi connectivity index (χ4v) is 1.34. The van der Waals surface area contributed by atoms with Crippen molar-refractivity contribution in [3.63, 3.8) is 0 Å².